The van der Waals surface area contributed by atoms with Crippen LogP contribution >= 0.6 is 11.8 Å². The summed E-state index contributed by atoms with van der Waals surface area (Å²) in [5.74, 6) is 3.10. The van der Waals surface area contributed by atoms with Gasteiger partial charge in [-0.2, -0.15) is 11.8 Å². The lowest BCUT2D eigenvalue weighted by Crippen LogP contribution is -2.53. The number of nitrogens with zero attached hydrogens (tertiary/aromatic N) is 3. The number of aliphatic imine (C=N–C) groups is 1. The van der Waals surface area contributed by atoms with Gasteiger partial charge in [-0.1, -0.05) is 0 Å². The number of nitrogens with two attached hydrogens (primary N) is 1. The van der Waals surface area contributed by atoms with Crippen LogP contribution < -0.4 is 5.73 Å². The molecule has 98 valence electrons. The summed E-state index contributed by atoms with van der Waals surface area (Å²) in [5, 5.41) is 0. The topological polar surface area (TPSA) is 44.9 Å². The molecule has 0 atom stereocenters. The number of hydrogen-bond acceptors (Lipinski definition) is 3. The predicted octanol–water partition coefficient (Wildman–Crippen LogP) is 0.834. The Balaban J connectivity index is 1.90. The summed E-state index contributed by atoms with van der Waals surface area (Å²) in [6.07, 6.45) is 3.84. The Bertz CT molecular complexity index is 280. The molecule has 0 aromatic heterocycles. The first-order valence-electron chi connectivity index (χ1n) is 6.44. The normalized spacial score (nSPS) is 24.9. The van der Waals surface area contributed by atoms with Crippen molar-refractivity contribution >= 4 is 17.7 Å². The fourth-order valence-corrected chi connectivity index (χ4v) is 3.36. The van der Waals surface area contributed by atoms with E-state index < -0.39 is 0 Å². The molecule has 1 aliphatic carbocycles. The van der Waals surface area contributed by atoms with Crippen LogP contribution in [-0.2, 0) is 0 Å². The zero-order valence-electron chi connectivity index (χ0n) is 11.0. The average molecular weight is 256 g/mol. The van der Waals surface area contributed by atoms with Crippen molar-refractivity contribution in [3.63, 3.8) is 0 Å². The molecule has 1 saturated carbocycles. The number of guanidine groups is 1. The standard InChI is InChI=1S/C12H24N4S/c1-15(2)12(4-3-5-12)10-14-11(13)16-6-8-17-9-7-16/h3-10H2,1-2H3,(H2,13,14). The highest BCUT2D eigenvalue weighted by Crippen LogP contribution is 2.36. The quantitative estimate of drug-likeness (QED) is 0.600. The van der Waals surface area contributed by atoms with E-state index in [1.54, 1.807) is 0 Å². The third kappa shape index (κ3) is 2.88. The third-order valence-corrected chi connectivity index (χ3v) is 5.05. The maximum atomic E-state index is 6.08. The molecule has 0 spiro atoms. The van der Waals surface area contributed by atoms with Crippen molar-refractivity contribution in [2.75, 3.05) is 45.2 Å². The van der Waals surface area contributed by atoms with Crippen molar-refractivity contribution < 1.29 is 0 Å². The summed E-state index contributed by atoms with van der Waals surface area (Å²) in [4.78, 5) is 9.17. The first-order chi connectivity index (χ1) is 8.14. The minimum absolute atomic E-state index is 0.287. The van der Waals surface area contributed by atoms with Gasteiger partial charge in [-0.05, 0) is 33.4 Å². The van der Waals surface area contributed by atoms with Crippen molar-refractivity contribution in [2.45, 2.75) is 24.8 Å². The van der Waals surface area contributed by atoms with Gasteiger partial charge in [0.05, 0.1) is 6.54 Å². The van der Waals surface area contributed by atoms with Gasteiger partial charge in [-0.25, -0.2) is 0 Å². The summed E-state index contributed by atoms with van der Waals surface area (Å²) in [6, 6.07) is 0. The summed E-state index contributed by atoms with van der Waals surface area (Å²) in [5.41, 5.74) is 6.37. The van der Waals surface area contributed by atoms with Crippen molar-refractivity contribution in [1.82, 2.24) is 9.80 Å². The van der Waals surface area contributed by atoms with Gasteiger partial charge in [-0.3, -0.25) is 4.99 Å². The molecule has 0 bridgehead atoms. The lowest BCUT2D eigenvalue weighted by Gasteiger charge is -2.46. The Morgan fingerprint density at radius 3 is 2.47 bits per heavy atom. The van der Waals surface area contributed by atoms with Crippen molar-refractivity contribution in [3.8, 4) is 0 Å². The highest BCUT2D eigenvalue weighted by atomic mass is 32.2. The number of hydrogen-bond donors (Lipinski definition) is 1. The van der Waals surface area contributed by atoms with Gasteiger partial charge in [0.1, 0.15) is 0 Å². The molecule has 1 aliphatic heterocycles. The van der Waals surface area contributed by atoms with Gasteiger partial charge >= 0.3 is 0 Å². The Morgan fingerprint density at radius 1 is 1.35 bits per heavy atom. The molecule has 1 saturated heterocycles. The fourth-order valence-electron chi connectivity index (χ4n) is 2.45. The second kappa shape index (κ2) is 5.48. The molecule has 2 aliphatic rings. The summed E-state index contributed by atoms with van der Waals surface area (Å²) in [6.45, 7) is 2.96. The summed E-state index contributed by atoms with van der Waals surface area (Å²) >= 11 is 2.00. The zero-order valence-corrected chi connectivity index (χ0v) is 11.8. The van der Waals surface area contributed by atoms with E-state index in [9.17, 15) is 0 Å². The maximum absolute atomic E-state index is 6.08. The first kappa shape index (κ1) is 13.0. The number of rotatable bonds is 3. The van der Waals surface area contributed by atoms with Crippen LogP contribution in [0.2, 0.25) is 0 Å². The van der Waals surface area contributed by atoms with Crippen LogP contribution in [0.1, 0.15) is 19.3 Å². The Hall–Kier alpha value is -0.420. The molecule has 0 amide bonds. The minimum Gasteiger partial charge on any atom is -0.370 e. The fraction of sp³-hybridized carbons (Fsp3) is 0.917. The molecule has 0 aromatic carbocycles. The van der Waals surface area contributed by atoms with E-state index in [-0.39, 0.29) is 5.54 Å². The average Bonchev–Trinajstić information content (AvgIpc) is 2.28. The Morgan fingerprint density at radius 2 is 2.00 bits per heavy atom. The van der Waals surface area contributed by atoms with E-state index in [0.29, 0.717) is 0 Å². The highest BCUT2D eigenvalue weighted by molar-refractivity contribution is 7.99. The Kier molecular flexibility index (Phi) is 4.20. The SMILES string of the molecule is CN(C)C1(CN=C(N)N2CCSCC2)CCC1. The molecular weight excluding hydrogens is 232 g/mol. The molecule has 2 rings (SSSR count). The van der Waals surface area contributed by atoms with Gasteiger partial charge < -0.3 is 15.5 Å². The zero-order chi connectivity index (χ0) is 12.3. The second-order valence-electron chi connectivity index (χ2n) is 5.25. The molecular formula is C12H24N4S. The maximum Gasteiger partial charge on any atom is 0.191 e. The summed E-state index contributed by atoms with van der Waals surface area (Å²) < 4.78 is 0. The van der Waals surface area contributed by atoms with Crippen LogP contribution in [0, 0.1) is 0 Å². The van der Waals surface area contributed by atoms with Crippen LogP contribution in [-0.4, -0.2) is 66.5 Å². The molecule has 0 aromatic rings. The summed E-state index contributed by atoms with van der Waals surface area (Å²) in [7, 11) is 4.31. The van der Waals surface area contributed by atoms with Crippen LogP contribution in [0.25, 0.3) is 0 Å². The van der Waals surface area contributed by atoms with Crippen molar-refractivity contribution in [1.29, 1.82) is 0 Å². The molecule has 0 radical (unpaired) electrons. The predicted molar refractivity (Wildman–Crippen MR) is 75.7 cm³/mol. The van der Waals surface area contributed by atoms with E-state index in [2.05, 4.69) is 28.9 Å². The smallest absolute Gasteiger partial charge is 0.191 e. The second-order valence-corrected chi connectivity index (χ2v) is 6.47. The number of thioether (sulfide) groups is 1. The monoisotopic (exact) mass is 256 g/mol. The van der Waals surface area contributed by atoms with Gasteiger partial charge in [0.15, 0.2) is 5.96 Å². The van der Waals surface area contributed by atoms with Crippen LogP contribution in [0.3, 0.4) is 0 Å². The third-order valence-electron chi connectivity index (χ3n) is 4.10. The lowest BCUT2D eigenvalue weighted by molar-refractivity contribution is 0.0697. The minimum atomic E-state index is 0.287. The van der Waals surface area contributed by atoms with Crippen LogP contribution in [0.4, 0.5) is 0 Å². The van der Waals surface area contributed by atoms with Gasteiger partial charge in [0.25, 0.3) is 0 Å². The van der Waals surface area contributed by atoms with Crippen LogP contribution in [0.15, 0.2) is 4.99 Å². The molecule has 1 heterocycles. The van der Waals surface area contributed by atoms with E-state index in [1.165, 1.54) is 30.8 Å². The van der Waals surface area contributed by atoms with E-state index in [4.69, 9.17) is 5.73 Å². The molecule has 17 heavy (non-hydrogen) atoms. The molecule has 2 N–H and O–H groups in total. The first-order valence-corrected chi connectivity index (χ1v) is 7.60. The van der Waals surface area contributed by atoms with E-state index >= 15 is 0 Å². The largest absolute Gasteiger partial charge is 0.370 e. The highest BCUT2D eigenvalue weighted by Gasteiger charge is 2.38. The van der Waals surface area contributed by atoms with E-state index in [0.717, 1.165) is 25.6 Å². The van der Waals surface area contributed by atoms with Crippen LogP contribution in [0.5, 0.6) is 0 Å². The molecule has 0 unspecified atom stereocenters. The van der Waals surface area contributed by atoms with Gasteiger partial charge in [-0.15, -0.1) is 0 Å². The van der Waals surface area contributed by atoms with Crippen molar-refractivity contribution in [2.24, 2.45) is 10.7 Å². The molecule has 5 heteroatoms. The lowest BCUT2D eigenvalue weighted by atomic mass is 9.76. The Labute approximate surface area is 109 Å². The van der Waals surface area contributed by atoms with E-state index in [1.807, 2.05) is 11.8 Å². The molecule has 4 nitrogen and oxygen atoms in total. The van der Waals surface area contributed by atoms with Gasteiger partial charge in [0.2, 0.25) is 0 Å². The van der Waals surface area contributed by atoms with Crippen molar-refractivity contribution in [3.05, 3.63) is 0 Å². The number of likely N-dealkylation sites (N-methyl/N-ethyl adjacent to an activating group) is 1. The van der Waals surface area contributed by atoms with Gasteiger partial charge in [0, 0.05) is 30.1 Å². The molecule has 2 fully saturated rings.